The number of sulfone groups is 1. The molecule has 0 radical (unpaired) electrons. The van der Waals surface area contributed by atoms with E-state index in [-0.39, 0.29) is 0 Å². The Morgan fingerprint density at radius 3 is 2.30 bits per heavy atom. The second-order valence-electron chi connectivity index (χ2n) is 5.98. The molecule has 130 valence electrons. The highest BCUT2D eigenvalue weighted by atomic mass is 32.2. The van der Waals surface area contributed by atoms with Crippen LogP contribution >= 0.6 is 0 Å². The molecule has 0 saturated carbocycles. The van der Waals surface area contributed by atoms with E-state index in [0.717, 1.165) is 12.2 Å². The zero-order valence-electron chi connectivity index (χ0n) is 14.5. The molecule has 0 saturated heterocycles. The van der Waals surface area contributed by atoms with E-state index >= 15 is 0 Å². The van der Waals surface area contributed by atoms with Gasteiger partial charge >= 0.3 is 0 Å². The van der Waals surface area contributed by atoms with Crippen molar-refractivity contribution in [3.05, 3.63) is 29.8 Å². The predicted octanol–water partition coefficient (Wildman–Crippen LogP) is 1.23. The van der Waals surface area contributed by atoms with Crippen molar-refractivity contribution < 1.29 is 13.2 Å². The summed E-state index contributed by atoms with van der Waals surface area (Å²) in [5.74, 6) is 1.43. The van der Waals surface area contributed by atoms with Crippen molar-refractivity contribution in [2.75, 3.05) is 33.5 Å². The number of hydrogen-bond acceptors (Lipinski definition) is 4. The average Bonchev–Trinajstić information content (AvgIpc) is 2.50. The van der Waals surface area contributed by atoms with E-state index in [1.165, 1.54) is 11.8 Å². The summed E-state index contributed by atoms with van der Waals surface area (Å²) in [6.45, 7) is 4.39. The zero-order valence-corrected chi connectivity index (χ0v) is 15.3. The van der Waals surface area contributed by atoms with Crippen molar-refractivity contribution in [3.63, 3.8) is 0 Å². The van der Waals surface area contributed by atoms with Crippen LogP contribution in [0.3, 0.4) is 0 Å². The number of hydrogen-bond donors (Lipinski definition) is 2. The van der Waals surface area contributed by atoms with Gasteiger partial charge in [0.1, 0.15) is 5.75 Å². The molecule has 0 atom stereocenters. The number of methoxy groups -OCH3 is 1. The van der Waals surface area contributed by atoms with Crippen LogP contribution in [0, 0.1) is 0 Å². The molecule has 0 aliphatic carbocycles. The third kappa shape index (κ3) is 6.09. The molecule has 23 heavy (non-hydrogen) atoms. The van der Waals surface area contributed by atoms with Crippen LogP contribution in [0.2, 0.25) is 0 Å². The molecule has 7 heteroatoms. The zero-order chi connectivity index (χ0) is 17.5. The Balaban J connectivity index is 2.45. The lowest BCUT2D eigenvalue weighted by atomic mass is 10.1. The van der Waals surface area contributed by atoms with Crippen LogP contribution in [0.15, 0.2) is 29.3 Å². The molecule has 6 nitrogen and oxygen atoms in total. The molecule has 0 aliphatic rings. The molecule has 0 aromatic heterocycles. The number of aliphatic imine (C=N–C) groups is 1. The number of nitrogens with zero attached hydrogens (tertiary/aromatic N) is 1. The van der Waals surface area contributed by atoms with Crippen LogP contribution in [-0.4, -0.2) is 52.6 Å². The summed E-state index contributed by atoms with van der Waals surface area (Å²) < 4.78 is 27.7. The van der Waals surface area contributed by atoms with Crippen LogP contribution in [0.4, 0.5) is 0 Å². The molecule has 0 fully saturated rings. The van der Waals surface area contributed by atoms with Gasteiger partial charge in [0.05, 0.1) is 11.9 Å². The standard InChI is InChI=1S/C16H27N3O3S/c1-16(2,23(5,20)21)12-19-15(17-3)18-11-10-13-6-8-14(22-4)9-7-13/h6-9H,10-12H2,1-5H3,(H2,17,18,19). The summed E-state index contributed by atoms with van der Waals surface area (Å²) in [4.78, 5) is 4.11. The molecular formula is C16H27N3O3S. The Hall–Kier alpha value is -1.76. The predicted molar refractivity (Wildman–Crippen MR) is 95.0 cm³/mol. The normalized spacial score (nSPS) is 12.8. The molecule has 0 bridgehead atoms. The van der Waals surface area contributed by atoms with Crippen molar-refractivity contribution in [3.8, 4) is 5.75 Å². The summed E-state index contributed by atoms with van der Waals surface area (Å²) in [6, 6.07) is 7.89. The fourth-order valence-electron chi connectivity index (χ4n) is 1.77. The van der Waals surface area contributed by atoms with Gasteiger partial charge < -0.3 is 15.4 Å². The fourth-order valence-corrected chi connectivity index (χ4v) is 2.10. The van der Waals surface area contributed by atoms with Crippen LogP contribution < -0.4 is 15.4 Å². The van der Waals surface area contributed by atoms with Crippen molar-refractivity contribution in [1.29, 1.82) is 0 Å². The van der Waals surface area contributed by atoms with Crippen LogP contribution in [-0.2, 0) is 16.3 Å². The van der Waals surface area contributed by atoms with Crippen molar-refractivity contribution in [1.82, 2.24) is 10.6 Å². The number of benzene rings is 1. The first-order valence-corrected chi connectivity index (χ1v) is 9.36. The van der Waals surface area contributed by atoms with E-state index in [1.807, 2.05) is 24.3 Å². The number of guanidine groups is 1. The lowest BCUT2D eigenvalue weighted by Gasteiger charge is -2.24. The molecule has 0 amide bonds. The third-order valence-electron chi connectivity index (χ3n) is 3.77. The Morgan fingerprint density at radius 2 is 1.83 bits per heavy atom. The summed E-state index contributed by atoms with van der Waals surface area (Å²) in [7, 11) is 0.172. The topological polar surface area (TPSA) is 79.8 Å². The van der Waals surface area contributed by atoms with Gasteiger partial charge in [0.2, 0.25) is 0 Å². The molecule has 1 aromatic carbocycles. The van der Waals surface area contributed by atoms with Crippen molar-refractivity contribution in [2.24, 2.45) is 4.99 Å². The first-order chi connectivity index (χ1) is 10.7. The highest BCUT2D eigenvalue weighted by Gasteiger charge is 2.30. The fraction of sp³-hybridized carbons (Fsp3) is 0.562. The molecule has 0 spiro atoms. The van der Waals surface area contributed by atoms with Crippen molar-refractivity contribution >= 4 is 15.8 Å². The van der Waals surface area contributed by atoms with Crippen LogP contribution in [0.1, 0.15) is 19.4 Å². The van der Waals surface area contributed by atoms with Gasteiger partial charge in [-0.3, -0.25) is 4.99 Å². The lowest BCUT2D eigenvalue weighted by Crippen LogP contribution is -2.48. The maximum atomic E-state index is 11.7. The first-order valence-electron chi connectivity index (χ1n) is 7.46. The summed E-state index contributed by atoms with van der Waals surface area (Å²) in [5.41, 5.74) is 1.19. The second-order valence-corrected chi connectivity index (χ2v) is 8.63. The molecule has 0 aliphatic heterocycles. The minimum absolute atomic E-state index is 0.300. The van der Waals surface area contributed by atoms with Gasteiger partial charge in [0.25, 0.3) is 0 Å². The van der Waals surface area contributed by atoms with Gasteiger partial charge in [-0.05, 0) is 38.0 Å². The SMILES string of the molecule is CN=C(NCCc1ccc(OC)cc1)NCC(C)(C)S(C)(=O)=O. The Labute approximate surface area is 139 Å². The van der Waals surface area contributed by atoms with Crippen molar-refractivity contribution in [2.45, 2.75) is 25.0 Å². The maximum absolute atomic E-state index is 11.7. The molecular weight excluding hydrogens is 314 g/mol. The summed E-state index contributed by atoms with van der Waals surface area (Å²) in [5, 5.41) is 6.24. The minimum Gasteiger partial charge on any atom is -0.497 e. The number of nitrogens with one attached hydrogen (secondary N) is 2. The van der Waals surface area contributed by atoms with E-state index in [9.17, 15) is 8.42 Å². The van der Waals surface area contributed by atoms with E-state index in [4.69, 9.17) is 4.74 Å². The monoisotopic (exact) mass is 341 g/mol. The Kier molecular flexibility index (Phi) is 6.87. The first kappa shape index (κ1) is 19.3. The maximum Gasteiger partial charge on any atom is 0.191 e. The highest BCUT2D eigenvalue weighted by molar-refractivity contribution is 7.92. The van der Waals surface area contributed by atoms with E-state index in [1.54, 1.807) is 28.0 Å². The molecule has 1 rings (SSSR count). The third-order valence-corrected chi connectivity index (χ3v) is 5.93. The second kappa shape index (κ2) is 8.19. The van der Waals surface area contributed by atoms with Gasteiger partial charge in [-0.15, -0.1) is 0 Å². The molecule has 1 aromatic rings. The van der Waals surface area contributed by atoms with E-state index in [2.05, 4.69) is 15.6 Å². The van der Waals surface area contributed by atoms with Gasteiger partial charge in [0, 0.05) is 26.4 Å². The van der Waals surface area contributed by atoms with Crippen LogP contribution in [0.5, 0.6) is 5.75 Å². The van der Waals surface area contributed by atoms with Gasteiger partial charge in [0.15, 0.2) is 15.8 Å². The van der Waals surface area contributed by atoms with Gasteiger partial charge in [-0.25, -0.2) is 8.42 Å². The quantitative estimate of drug-likeness (QED) is 0.576. The van der Waals surface area contributed by atoms with Gasteiger partial charge in [-0.2, -0.15) is 0 Å². The van der Waals surface area contributed by atoms with Gasteiger partial charge in [-0.1, -0.05) is 12.1 Å². The smallest absolute Gasteiger partial charge is 0.191 e. The average molecular weight is 341 g/mol. The summed E-state index contributed by atoms with van der Waals surface area (Å²) >= 11 is 0. The summed E-state index contributed by atoms with van der Waals surface area (Å²) in [6.07, 6.45) is 2.08. The van der Waals surface area contributed by atoms with E-state index in [0.29, 0.717) is 19.0 Å². The Bertz CT molecular complexity index is 622. The highest BCUT2D eigenvalue weighted by Crippen LogP contribution is 2.13. The largest absolute Gasteiger partial charge is 0.497 e. The van der Waals surface area contributed by atoms with Crippen LogP contribution in [0.25, 0.3) is 0 Å². The Morgan fingerprint density at radius 1 is 1.22 bits per heavy atom. The molecule has 0 unspecified atom stereocenters. The lowest BCUT2D eigenvalue weighted by molar-refractivity contribution is 0.414. The molecule has 0 heterocycles. The minimum atomic E-state index is -3.13. The number of rotatable bonds is 7. The molecule has 2 N–H and O–H groups in total. The number of ether oxygens (including phenoxy) is 1. The van der Waals surface area contributed by atoms with E-state index < -0.39 is 14.6 Å².